The Morgan fingerprint density at radius 1 is 0.342 bits per heavy atom. The average molecular weight is 566 g/mol. The van der Waals surface area contributed by atoms with E-state index in [1.807, 2.05) is 0 Å². The second-order valence-corrected chi connectivity index (χ2v) is 10.8. The molecule has 0 saturated carbocycles. The van der Waals surface area contributed by atoms with Crippen molar-refractivity contribution < 1.29 is 19.8 Å². The van der Waals surface area contributed by atoms with Gasteiger partial charge >= 0.3 is 58.0 Å². The highest BCUT2D eigenvalue weighted by Crippen LogP contribution is 2.14. The van der Waals surface area contributed by atoms with Crippen LogP contribution in [-0.4, -0.2) is 68.3 Å². The Bertz CT molecular complexity index is 447. The third-order valence-corrected chi connectivity index (χ3v) is 6.99. The summed E-state index contributed by atoms with van der Waals surface area (Å²) in [6.45, 7) is 4.52. The van der Waals surface area contributed by atoms with E-state index >= 15 is 0 Å². The highest BCUT2D eigenvalue weighted by Gasteiger charge is 1.98. The van der Waals surface area contributed by atoms with Gasteiger partial charge in [0.05, 0.1) is 0 Å². The summed E-state index contributed by atoms with van der Waals surface area (Å²) in [5.74, 6) is -1.31. The Balaban J connectivity index is -0.000000295. The topological polar surface area (TPSA) is 74.6 Å². The van der Waals surface area contributed by atoms with E-state index in [0.29, 0.717) is 12.8 Å². The van der Waals surface area contributed by atoms with Crippen molar-refractivity contribution in [3.8, 4) is 0 Å². The highest BCUT2D eigenvalue weighted by molar-refractivity contribution is 5.76. The molecule has 0 unspecified atom stereocenters. The molecule has 0 amide bonds. The maximum absolute atomic E-state index is 10.3. The van der Waals surface area contributed by atoms with Crippen LogP contribution in [0, 0.1) is 0 Å². The molecule has 0 rings (SSSR count). The highest BCUT2D eigenvalue weighted by atomic mass is 24.3. The van der Waals surface area contributed by atoms with Gasteiger partial charge in [0.2, 0.25) is 0 Å². The molecule has 4 nitrogen and oxygen atoms in total. The fourth-order valence-corrected chi connectivity index (χ4v) is 4.59. The molecule has 0 saturated heterocycles. The number of carbonyl (C=O) groups is 2. The smallest absolute Gasteiger partial charge is 0.316 e. The van der Waals surface area contributed by atoms with E-state index in [1.54, 1.807) is 0 Å². The van der Waals surface area contributed by atoms with Crippen LogP contribution in [0.3, 0.4) is 0 Å². The van der Waals surface area contributed by atoms with Crippen molar-refractivity contribution in [2.24, 2.45) is 0 Å². The minimum atomic E-state index is -0.657. The van der Waals surface area contributed by atoms with Gasteiger partial charge in [-0.15, -0.1) is 0 Å². The van der Waals surface area contributed by atoms with Gasteiger partial charge in [-0.05, 0) is 12.8 Å². The van der Waals surface area contributed by atoms with Crippen LogP contribution in [0.25, 0.3) is 0 Å². The summed E-state index contributed by atoms with van der Waals surface area (Å²) >= 11 is 0. The third-order valence-electron chi connectivity index (χ3n) is 6.99. The van der Waals surface area contributed by atoms with Crippen molar-refractivity contribution in [2.75, 3.05) is 0 Å². The van der Waals surface area contributed by atoms with Crippen LogP contribution in [0.4, 0.5) is 0 Å². The molecule has 0 fully saturated rings. The Kier molecular flexibility index (Phi) is 50.2. The summed E-state index contributed by atoms with van der Waals surface area (Å²) in [4.78, 5) is 20.6. The molecule has 0 radical (unpaired) electrons. The predicted octanol–water partition coefficient (Wildman–Crippen LogP) is 9.27. The summed E-state index contributed by atoms with van der Waals surface area (Å²) in [6, 6.07) is 0. The largest absolute Gasteiger partial charge is 0.481 e. The standard InChI is InChI=1S/C18H36O2.C14H28O2.2Mg.4H/c1-2-3-4-5-6-7-8-9-10-11-12-13-14-15-16-17-18(19)20;1-2-3-4-5-6-7-8-9-10-11-12-13-14(15)16;;;;;;/h2-17H2,1H3,(H,19,20);2-13H2,1H3,(H,15,16);;;;;;. The van der Waals surface area contributed by atoms with Gasteiger partial charge in [0.1, 0.15) is 0 Å². The van der Waals surface area contributed by atoms with E-state index in [-0.39, 0.29) is 46.1 Å². The molecule has 2 N–H and O–H groups in total. The van der Waals surface area contributed by atoms with Gasteiger partial charge in [-0.25, -0.2) is 0 Å². The first-order chi connectivity index (χ1) is 17.5. The second-order valence-electron chi connectivity index (χ2n) is 10.8. The summed E-state index contributed by atoms with van der Waals surface area (Å²) in [6.07, 6.45) is 34.6. The zero-order valence-corrected chi connectivity index (χ0v) is 24.5. The number of hydrogen-bond donors (Lipinski definition) is 2. The fraction of sp³-hybridized carbons (Fsp3) is 0.938. The van der Waals surface area contributed by atoms with Gasteiger partial charge in [0.15, 0.2) is 0 Å². The van der Waals surface area contributed by atoms with Crippen molar-refractivity contribution in [3.63, 3.8) is 0 Å². The fourth-order valence-electron chi connectivity index (χ4n) is 4.59. The molecule has 0 spiro atoms. The van der Waals surface area contributed by atoms with Gasteiger partial charge in [-0.3, -0.25) is 9.59 Å². The van der Waals surface area contributed by atoms with Crippen molar-refractivity contribution in [1.29, 1.82) is 0 Å². The van der Waals surface area contributed by atoms with Gasteiger partial charge in [-0.1, -0.05) is 168 Å². The molecule has 0 aliphatic heterocycles. The van der Waals surface area contributed by atoms with Crippen molar-refractivity contribution in [3.05, 3.63) is 0 Å². The molecule has 0 aliphatic rings. The van der Waals surface area contributed by atoms with Crippen LogP contribution >= 0.6 is 0 Å². The summed E-state index contributed by atoms with van der Waals surface area (Å²) in [7, 11) is 0. The lowest BCUT2D eigenvalue weighted by Gasteiger charge is -2.03. The van der Waals surface area contributed by atoms with E-state index in [4.69, 9.17) is 10.2 Å². The zero-order chi connectivity index (χ0) is 27.0. The van der Waals surface area contributed by atoms with E-state index in [9.17, 15) is 9.59 Å². The molecular weight excluding hydrogens is 497 g/mol. The van der Waals surface area contributed by atoms with Gasteiger partial charge in [0, 0.05) is 12.8 Å². The lowest BCUT2D eigenvalue weighted by atomic mass is 10.0. The molecule has 0 heterocycles. The van der Waals surface area contributed by atoms with Crippen molar-refractivity contribution in [2.45, 2.75) is 194 Å². The Labute approximate surface area is 270 Å². The van der Waals surface area contributed by atoms with Crippen LogP contribution < -0.4 is 0 Å². The van der Waals surface area contributed by atoms with Crippen molar-refractivity contribution in [1.82, 2.24) is 0 Å². The number of unbranched alkanes of at least 4 members (excludes halogenated alkanes) is 24. The minimum Gasteiger partial charge on any atom is -0.481 e. The van der Waals surface area contributed by atoms with E-state index in [2.05, 4.69) is 13.8 Å². The summed E-state index contributed by atoms with van der Waals surface area (Å²) in [5.41, 5.74) is 0. The monoisotopic (exact) mass is 564 g/mol. The SMILES string of the molecule is CCCCCCCCCCCCCC(=O)O.CCCCCCCCCCCCCCCCCC(=O)O.[MgH2].[MgH2]. The molecule has 0 atom stereocenters. The maximum atomic E-state index is 10.3. The van der Waals surface area contributed by atoms with Gasteiger partial charge in [-0.2, -0.15) is 0 Å². The van der Waals surface area contributed by atoms with Gasteiger partial charge < -0.3 is 10.2 Å². The van der Waals surface area contributed by atoms with Crippen molar-refractivity contribution >= 4 is 58.0 Å². The first-order valence-corrected chi connectivity index (χ1v) is 16.0. The van der Waals surface area contributed by atoms with Crippen LogP contribution in [0.1, 0.15) is 194 Å². The number of carboxylic acids is 2. The molecule has 6 heteroatoms. The van der Waals surface area contributed by atoms with Crippen LogP contribution in [0.2, 0.25) is 0 Å². The molecule has 38 heavy (non-hydrogen) atoms. The lowest BCUT2D eigenvalue weighted by Crippen LogP contribution is -1.93. The molecule has 0 aromatic heterocycles. The zero-order valence-electron chi connectivity index (χ0n) is 24.5. The predicted molar refractivity (Wildman–Crippen MR) is 173 cm³/mol. The van der Waals surface area contributed by atoms with Crippen LogP contribution in [-0.2, 0) is 9.59 Å². The molecule has 0 aliphatic carbocycles. The summed E-state index contributed by atoms with van der Waals surface area (Å²) in [5, 5.41) is 17.0. The van der Waals surface area contributed by atoms with E-state index < -0.39 is 11.9 Å². The number of aliphatic carboxylic acids is 2. The molecular formula is C32H68Mg2O4. The number of carboxylic acid groups (broad SMARTS) is 2. The molecule has 0 bridgehead atoms. The van der Waals surface area contributed by atoms with E-state index in [1.165, 1.54) is 141 Å². The number of hydrogen-bond acceptors (Lipinski definition) is 2. The van der Waals surface area contributed by atoms with Crippen LogP contribution in [0.15, 0.2) is 0 Å². The lowest BCUT2D eigenvalue weighted by molar-refractivity contribution is -0.138. The van der Waals surface area contributed by atoms with E-state index in [0.717, 1.165) is 25.7 Å². The van der Waals surface area contributed by atoms with Gasteiger partial charge in [0.25, 0.3) is 0 Å². The summed E-state index contributed by atoms with van der Waals surface area (Å²) < 4.78 is 0. The first-order valence-electron chi connectivity index (χ1n) is 16.0. The second kappa shape index (κ2) is 41.9. The first kappa shape index (κ1) is 45.5. The molecule has 0 aromatic carbocycles. The average Bonchev–Trinajstić information content (AvgIpc) is 2.85. The minimum absolute atomic E-state index is 0. The number of rotatable bonds is 28. The quantitative estimate of drug-likeness (QED) is 0.0733. The Hall–Kier alpha value is 0.472. The normalized spacial score (nSPS) is 10.2. The Morgan fingerprint density at radius 3 is 0.658 bits per heavy atom. The molecule has 224 valence electrons. The Morgan fingerprint density at radius 2 is 0.500 bits per heavy atom. The maximum Gasteiger partial charge on any atom is 0.316 e. The molecule has 0 aromatic rings. The third kappa shape index (κ3) is 49.4. The van der Waals surface area contributed by atoms with Crippen LogP contribution in [0.5, 0.6) is 0 Å².